The number of morpholine rings is 1. The molecule has 0 saturated carbocycles. The largest absolute Gasteiger partial charge is 1.00 e. The molecule has 2 fully saturated rings. The SMILES string of the molecule is CC(C)[NH+]1CC2(COC(c3ccccc3)CN2C)C1.[Cl-]. The molecule has 20 heavy (non-hydrogen) atoms. The Kier molecular flexibility index (Phi) is 4.75. The van der Waals surface area contributed by atoms with Crippen molar-refractivity contribution in [2.75, 3.05) is 33.3 Å². The average molecular weight is 297 g/mol. The first-order valence-electron chi connectivity index (χ1n) is 7.33. The molecule has 3 nitrogen and oxygen atoms in total. The molecule has 0 bridgehead atoms. The highest BCUT2D eigenvalue weighted by Crippen LogP contribution is 2.30. The number of likely N-dealkylation sites (tertiary alicyclic amines) is 1. The van der Waals surface area contributed by atoms with Crippen LogP contribution in [-0.4, -0.2) is 49.8 Å². The van der Waals surface area contributed by atoms with Crippen LogP contribution >= 0.6 is 0 Å². The first kappa shape index (κ1) is 15.8. The summed E-state index contributed by atoms with van der Waals surface area (Å²) in [5, 5.41) is 0. The summed E-state index contributed by atoms with van der Waals surface area (Å²) in [6.45, 7) is 8.94. The van der Waals surface area contributed by atoms with Crippen molar-refractivity contribution in [1.29, 1.82) is 0 Å². The average Bonchev–Trinajstić information content (AvgIpc) is 2.37. The molecular formula is C16H25ClN2O. The summed E-state index contributed by atoms with van der Waals surface area (Å²) < 4.78 is 6.17. The zero-order chi connectivity index (χ0) is 13.5. The summed E-state index contributed by atoms with van der Waals surface area (Å²) in [7, 11) is 2.26. The van der Waals surface area contributed by atoms with Gasteiger partial charge >= 0.3 is 0 Å². The lowest BCUT2D eigenvalue weighted by molar-refractivity contribution is -0.975. The summed E-state index contributed by atoms with van der Waals surface area (Å²) in [4.78, 5) is 4.23. The number of benzene rings is 1. The number of ether oxygens (including phenoxy) is 1. The number of quaternary nitrogens is 1. The molecule has 0 radical (unpaired) electrons. The lowest BCUT2D eigenvalue weighted by atomic mass is 9.85. The predicted molar refractivity (Wildman–Crippen MR) is 76.3 cm³/mol. The zero-order valence-electron chi connectivity index (χ0n) is 12.6. The fourth-order valence-corrected chi connectivity index (χ4v) is 3.30. The second-order valence-corrected chi connectivity index (χ2v) is 6.48. The maximum absolute atomic E-state index is 6.17. The molecule has 1 unspecified atom stereocenters. The van der Waals surface area contributed by atoms with E-state index in [0.717, 1.165) is 19.2 Å². The molecule has 2 aliphatic heterocycles. The van der Waals surface area contributed by atoms with E-state index in [1.807, 2.05) is 0 Å². The van der Waals surface area contributed by atoms with Gasteiger partial charge in [0.2, 0.25) is 0 Å². The first-order valence-corrected chi connectivity index (χ1v) is 7.33. The minimum atomic E-state index is 0. The Bertz CT molecular complexity index is 431. The molecule has 112 valence electrons. The highest BCUT2D eigenvalue weighted by atomic mass is 35.5. The molecule has 2 aliphatic rings. The lowest BCUT2D eigenvalue weighted by Crippen LogP contribution is -3.27. The quantitative estimate of drug-likeness (QED) is 0.664. The van der Waals surface area contributed by atoms with Gasteiger partial charge in [0.1, 0.15) is 18.6 Å². The van der Waals surface area contributed by atoms with Gasteiger partial charge in [-0.15, -0.1) is 0 Å². The third-order valence-corrected chi connectivity index (χ3v) is 4.90. The molecule has 0 amide bonds. The second kappa shape index (κ2) is 6.02. The van der Waals surface area contributed by atoms with Crippen molar-refractivity contribution < 1.29 is 22.0 Å². The van der Waals surface area contributed by atoms with Gasteiger partial charge in [-0.2, -0.15) is 0 Å². The number of likely N-dealkylation sites (N-methyl/N-ethyl adjacent to an activating group) is 1. The van der Waals surface area contributed by atoms with Crippen molar-refractivity contribution in [3.63, 3.8) is 0 Å². The number of hydrogen-bond acceptors (Lipinski definition) is 2. The molecule has 3 rings (SSSR count). The summed E-state index contributed by atoms with van der Waals surface area (Å²) >= 11 is 0. The Morgan fingerprint density at radius 2 is 1.90 bits per heavy atom. The van der Waals surface area contributed by atoms with Gasteiger partial charge in [0.15, 0.2) is 0 Å². The lowest BCUT2D eigenvalue weighted by Gasteiger charge is -2.55. The minimum Gasteiger partial charge on any atom is -1.00 e. The Labute approximate surface area is 128 Å². The Morgan fingerprint density at radius 3 is 2.45 bits per heavy atom. The van der Waals surface area contributed by atoms with Crippen LogP contribution in [0.15, 0.2) is 30.3 Å². The van der Waals surface area contributed by atoms with E-state index in [0.29, 0.717) is 5.54 Å². The van der Waals surface area contributed by atoms with Crippen molar-refractivity contribution >= 4 is 0 Å². The fourth-order valence-electron chi connectivity index (χ4n) is 3.30. The summed E-state index contributed by atoms with van der Waals surface area (Å²) in [5.41, 5.74) is 1.60. The summed E-state index contributed by atoms with van der Waals surface area (Å²) in [5.74, 6) is 0. The highest BCUT2D eigenvalue weighted by Gasteiger charge is 2.54. The fraction of sp³-hybridized carbons (Fsp3) is 0.625. The number of hydrogen-bond donors (Lipinski definition) is 1. The van der Waals surface area contributed by atoms with Crippen LogP contribution in [0, 0.1) is 0 Å². The van der Waals surface area contributed by atoms with Gasteiger partial charge in [0, 0.05) is 6.54 Å². The third-order valence-electron chi connectivity index (χ3n) is 4.90. The van der Waals surface area contributed by atoms with Crippen LogP contribution in [-0.2, 0) is 4.74 Å². The molecule has 1 aromatic carbocycles. The van der Waals surface area contributed by atoms with Crippen LogP contribution in [0.5, 0.6) is 0 Å². The van der Waals surface area contributed by atoms with Crippen molar-refractivity contribution in [2.24, 2.45) is 0 Å². The maximum atomic E-state index is 6.17. The van der Waals surface area contributed by atoms with Crippen LogP contribution < -0.4 is 17.3 Å². The van der Waals surface area contributed by atoms with E-state index in [4.69, 9.17) is 4.74 Å². The second-order valence-electron chi connectivity index (χ2n) is 6.48. The summed E-state index contributed by atoms with van der Waals surface area (Å²) in [6.07, 6.45) is 0.236. The normalized spacial score (nSPS) is 33.8. The van der Waals surface area contributed by atoms with Crippen molar-refractivity contribution in [2.45, 2.75) is 31.5 Å². The van der Waals surface area contributed by atoms with Gasteiger partial charge in [0.05, 0.1) is 18.8 Å². The number of rotatable bonds is 2. The standard InChI is InChI=1S/C16H24N2O.ClH/c1-13(2)18-10-16(11-18)12-19-15(9-17(16)3)14-7-5-4-6-8-14;/h4-8,13,15H,9-12H2,1-3H3;1H. The van der Waals surface area contributed by atoms with Crippen molar-refractivity contribution in [1.82, 2.24) is 4.90 Å². The van der Waals surface area contributed by atoms with Gasteiger partial charge < -0.3 is 22.0 Å². The molecule has 1 spiro atoms. The van der Waals surface area contributed by atoms with Crippen LogP contribution in [0.2, 0.25) is 0 Å². The van der Waals surface area contributed by atoms with Crippen LogP contribution in [0.3, 0.4) is 0 Å². The zero-order valence-corrected chi connectivity index (χ0v) is 13.4. The van der Waals surface area contributed by atoms with E-state index in [9.17, 15) is 0 Å². The third kappa shape index (κ3) is 2.73. The summed E-state index contributed by atoms with van der Waals surface area (Å²) in [6, 6.07) is 11.3. The van der Waals surface area contributed by atoms with Crippen LogP contribution in [0.1, 0.15) is 25.5 Å². The van der Waals surface area contributed by atoms with E-state index in [-0.39, 0.29) is 18.5 Å². The van der Waals surface area contributed by atoms with E-state index in [2.05, 4.69) is 56.1 Å². The number of halogens is 1. The highest BCUT2D eigenvalue weighted by molar-refractivity contribution is 5.19. The first-order chi connectivity index (χ1) is 9.11. The van der Waals surface area contributed by atoms with Gasteiger partial charge in [0.25, 0.3) is 0 Å². The molecule has 0 aliphatic carbocycles. The van der Waals surface area contributed by atoms with Gasteiger partial charge in [-0.05, 0) is 26.5 Å². The molecule has 0 aromatic heterocycles. The van der Waals surface area contributed by atoms with E-state index in [1.54, 1.807) is 4.90 Å². The molecular weight excluding hydrogens is 272 g/mol. The maximum Gasteiger partial charge on any atom is 0.143 e. The Balaban J connectivity index is 0.00000147. The molecule has 1 atom stereocenters. The van der Waals surface area contributed by atoms with Gasteiger partial charge in [-0.1, -0.05) is 30.3 Å². The van der Waals surface area contributed by atoms with E-state index >= 15 is 0 Å². The molecule has 4 heteroatoms. The molecule has 2 saturated heterocycles. The molecule has 1 N–H and O–H groups in total. The number of nitrogens with zero attached hydrogens (tertiary/aromatic N) is 1. The van der Waals surface area contributed by atoms with Crippen molar-refractivity contribution in [3.05, 3.63) is 35.9 Å². The Hall–Kier alpha value is -0.610. The Morgan fingerprint density at radius 1 is 1.25 bits per heavy atom. The molecule has 2 heterocycles. The minimum absolute atomic E-state index is 0. The van der Waals surface area contributed by atoms with Crippen LogP contribution in [0.25, 0.3) is 0 Å². The monoisotopic (exact) mass is 296 g/mol. The molecule has 1 aromatic rings. The van der Waals surface area contributed by atoms with Crippen molar-refractivity contribution in [3.8, 4) is 0 Å². The van der Waals surface area contributed by atoms with E-state index in [1.165, 1.54) is 18.7 Å². The van der Waals surface area contributed by atoms with E-state index < -0.39 is 0 Å². The topological polar surface area (TPSA) is 16.9 Å². The smallest absolute Gasteiger partial charge is 0.143 e. The van der Waals surface area contributed by atoms with Gasteiger partial charge in [-0.25, -0.2) is 0 Å². The van der Waals surface area contributed by atoms with Crippen LogP contribution in [0.4, 0.5) is 0 Å². The van der Waals surface area contributed by atoms with Gasteiger partial charge in [-0.3, -0.25) is 4.90 Å². The predicted octanol–water partition coefficient (Wildman–Crippen LogP) is -2.26. The number of nitrogens with one attached hydrogen (secondary N) is 1.